The maximum Gasteiger partial charge on any atom is 0.265 e. The van der Waals surface area contributed by atoms with E-state index in [2.05, 4.69) is 14.6 Å². The van der Waals surface area contributed by atoms with Crippen molar-refractivity contribution in [3.05, 3.63) is 17.1 Å². The van der Waals surface area contributed by atoms with Gasteiger partial charge in [-0.05, 0) is 69.1 Å². The van der Waals surface area contributed by atoms with E-state index in [0.29, 0.717) is 18.5 Å². The van der Waals surface area contributed by atoms with Gasteiger partial charge >= 0.3 is 0 Å². The summed E-state index contributed by atoms with van der Waals surface area (Å²) in [5, 5.41) is 3.33. The molecule has 4 rings (SSSR count). The Morgan fingerprint density at radius 2 is 2.04 bits per heavy atom. The third-order valence-electron chi connectivity index (χ3n) is 5.95. The van der Waals surface area contributed by atoms with E-state index >= 15 is 0 Å². The molecule has 0 spiro atoms. The van der Waals surface area contributed by atoms with Crippen LogP contribution in [0.25, 0.3) is 0 Å². The van der Waals surface area contributed by atoms with Crippen LogP contribution in [0.1, 0.15) is 48.2 Å². The third-order valence-corrected chi connectivity index (χ3v) is 6.69. The van der Waals surface area contributed by atoms with Gasteiger partial charge in [0.05, 0.1) is 6.54 Å². The molecule has 6 nitrogen and oxygen atoms in total. The van der Waals surface area contributed by atoms with Gasteiger partial charge in [0.15, 0.2) is 0 Å². The predicted octanol–water partition coefficient (Wildman–Crippen LogP) is 1.74. The topological polar surface area (TPSA) is 65.5 Å². The maximum absolute atomic E-state index is 12.4. The lowest BCUT2D eigenvalue weighted by Gasteiger charge is -2.36. The number of nitrogens with zero attached hydrogens (tertiary/aromatic N) is 3. The zero-order chi connectivity index (χ0) is 17.4. The number of rotatable bonds is 6. The molecule has 0 unspecified atom stereocenters. The zero-order valence-corrected chi connectivity index (χ0v) is 15.6. The average molecular weight is 362 g/mol. The molecular weight excluding hydrogens is 336 g/mol. The molecule has 136 valence electrons. The number of piperidine rings is 1. The summed E-state index contributed by atoms with van der Waals surface area (Å²) >= 11 is 1.26. The van der Waals surface area contributed by atoms with Crippen molar-refractivity contribution >= 4 is 23.3 Å². The molecule has 2 aliphatic carbocycles. The first kappa shape index (κ1) is 17.0. The molecule has 2 amide bonds. The molecule has 0 atom stereocenters. The molecule has 1 aliphatic heterocycles. The largest absolute Gasteiger partial charge is 0.349 e. The number of nitrogens with one attached hydrogen (secondary N) is 1. The lowest BCUT2D eigenvalue weighted by Crippen LogP contribution is -2.50. The maximum atomic E-state index is 12.4. The Balaban J connectivity index is 1.28. The second kappa shape index (κ2) is 6.68. The minimum absolute atomic E-state index is 0.00109. The summed E-state index contributed by atoms with van der Waals surface area (Å²) in [6, 6.07) is 2.40. The van der Waals surface area contributed by atoms with Crippen LogP contribution < -0.4 is 5.32 Å². The molecule has 2 saturated carbocycles. The SMILES string of the molecule is CN(CC(=O)NC1(C2CCN(C(=O)c3ccns3)CC2)CC1)C1CC1. The number of hydrogen-bond acceptors (Lipinski definition) is 5. The summed E-state index contributed by atoms with van der Waals surface area (Å²) in [7, 11) is 2.04. The van der Waals surface area contributed by atoms with Crippen LogP contribution in [-0.4, -0.2) is 64.3 Å². The monoisotopic (exact) mass is 362 g/mol. The molecule has 0 radical (unpaired) electrons. The van der Waals surface area contributed by atoms with Gasteiger partial charge in [-0.3, -0.25) is 14.5 Å². The standard InChI is InChI=1S/C18H26N4O2S/c1-21(14-2-3-14)12-16(23)20-18(7-8-18)13-5-10-22(11-6-13)17(24)15-4-9-19-25-15/h4,9,13-14H,2-3,5-8,10-12H2,1H3,(H,20,23). The molecule has 1 N–H and O–H groups in total. The minimum atomic E-state index is 0.00109. The summed E-state index contributed by atoms with van der Waals surface area (Å²) < 4.78 is 4.02. The second-order valence-electron chi connectivity index (χ2n) is 7.79. The summed E-state index contributed by atoms with van der Waals surface area (Å²) in [5.74, 6) is 0.754. The fourth-order valence-corrected chi connectivity index (χ4v) is 4.64. The van der Waals surface area contributed by atoms with Gasteiger partial charge in [-0.25, -0.2) is 4.37 Å². The van der Waals surface area contributed by atoms with E-state index in [9.17, 15) is 9.59 Å². The van der Waals surface area contributed by atoms with E-state index < -0.39 is 0 Å². The van der Waals surface area contributed by atoms with Crippen LogP contribution in [0.2, 0.25) is 0 Å². The van der Waals surface area contributed by atoms with Crippen LogP contribution in [0, 0.1) is 5.92 Å². The Morgan fingerprint density at radius 3 is 2.60 bits per heavy atom. The van der Waals surface area contributed by atoms with Crippen LogP contribution in [0.4, 0.5) is 0 Å². The first-order valence-corrected chi connectivity index (χ1v) is 10.1. The van der Waals surface area contributed by atoms with Gasteiger partial charge < -0.3 is 10.2 Å². The first-order valence-electron chi connectivity index (χ1n) is 9.29. The Hall–Kier alpha value is -1.47. The number of carbonyl (C=O) groups is 2. The molecule has 7 heteroatoms. The van der Waals surface area contributed by atoms with Crippen LogP contribution in [-0.2, 0) is 4.79 Å². The van der Waals surface area contributed by atoms with Crippen LogP contribution in [0.15, 0.2) is 12.3 Å². The summed E-state index contributed by atoms with van der Waals surface area (Å²) in [6.07, 6.45) is 8.24. The molecule has 1 aromatic rings. The molecule has 3 fully saturated rings. The van der Waals surface area contributed by atoms with Crippen molar-refractivity contribution in [2.45, 2.75) is 50.1 Å². The molecular formula is C18H26N4O2S. The highest BCUT2D eigenvalue weighted by Crippen LogP contribution is 2.46. The van der Waals surface area contributed by atoms with E-state index in [-0.39, 0.29) is 17.4 Å². The number of aromatic nitrogens is 1. The number of hydrogen-bond donors (Lipinski definition) is 1. The van der Waals surface area contributed by atoms with E-state index in [0.717, 1.165) is 43.6 Å². The highest BCUT2D eigenvalue weighted by molar-refractivity contribution is 7.08. The summed E-state index contributed by atoms with van der Waals surface area (Å²) in [6.45, 7) is 2.07. The Kier molecular flexibility index (Phi) is 4.54. The average Bonchev–Trinajstić information content (AvgIpc) is 3.54. The molecule has 1 saturated heterocycles. The van der Waals surface area contributed by atoms with E-state index in [1.165, 1.54) is 24.4 Å². The number of likely N-dealkylation sites (N-methyl/N-ethyl adjacent to an activating group) is 1. The molecule has 1 aromatic heterocycles. The van der Waals surface area contributed by atoms with Gasteiger partial charge in [0.2, 0.25) is 5.91 Å². The van der Waals surface area contributed by atoms with Gasteiger partial charge in [0.25, 0.3) is 5.91 Å². The van der Waals surface area contributed by atoms with Crippen molar-refractivity contribution < 1.29 is 9.59 Å². The van der Waals surface area contributed by atoms with Crippen LogP contribution in [0.5, 0.6) is 0 Å². The Morgan fingerprint density at radius 1 is 1.32 bits per heavy atom. The van der Waals surface area contributed by atoms with E-state index in [4.69, 9.17) is 0 Å². The lowest BCUT2D eigenvalue weighted by molar-refractivity contribution is -0.123. The Bertz CT molecular complexity index is 632. The molecule has 25 heavy (non-hydrogen) atoms. The summed E-state index contributed by atoms with van der Waals surface area (Å²) in [4.78, 5) is 29.6. The fraction of sp³-hybridized carbons (Fsp3) is 0.722. The smallest absolute Gasteiger partial charge is 0.265 e. The van der Waals surface area contributed by atoms with Crippen molar-refractivity contribution in [2.75, 3.05) is 26.7 Å². The van der Waals surface area contributed by atoms with Crippen molar-refractivity contribution in [1.82, 2.24) is 19.5 Å². The van der Waals surface area contributed by atoms with Crippen molar-refractivity contribution in [3.63, 3.8) is 0 Å². The van der Waals surface area contributed by atoms with E-state index in [1.807, 2.05) is 11.9 Å². The van der Waals surface area contributed by atoms with Gasteiger partial charge in [-0.1, -0.05) is 0 Å². The minimum Gasteiger partial charge on any atom is -0.349 e. The van der Waals surface area contributed by atoms with Crippen molar-refractivity contribution in [3.8, 4) is 0 Å². The summed E-state index contributed by atoms with van der Waals surface area (Å²) in [5.41, 5.74) is 0.00109. The predicted molar refractivity (Wildman–Crippen MR) is 96.5 cm³/mol. The third kappa shape index (κ3) is 3.72. The van der Waals surface area contributed by atoms with Gasteiger partial charge in [-0.15, -0.1) is 0 Å². The first-order chi connectivity index (χ1) is 12.1. The fourth-order valence-electron chi connectivity index (χ4n) is 4.08. The Labute approximate surface area is 152 Å². The van der Waals surface area contributed by atoms with Gasteiger partial charge in [0.1, 0.15) is 4.88 Å². The zero-order valence-electron chi connectivity index (χ0n) is 14.7. The molecule has 0 aromatic carbocycles. The number of carbonyl (C=O) groups excluding carboxylic acids is 2. The molecule has 2 heterocycles. The second-order valence-corrected chi connectivity index (χ2v) is 8.63. The highest BCUT2D eigenvalue weighted by Gasteiger charge is 2.51. The lowest BCUT2D eigenvalue weighted by atomic mass is 9.87. The van der Waals surface area contributed by atoms with Crippen molar-refractivity contribution in [2.24, 2.45) is 5.92 Å². The number of amides is 2. The quantitative estimate of drug-likeness (QED) is 0.837. The number of likely N-dealkylation sites (tertiary alicyclic amines) is 1. The van der Waals surface area contributed by atoms with E-state index in [1.54, 1.807) is 12.3 Å². The molecule has 0 bridgehead atoms. The van der Waals surface area contributed by atoms with Crippen LogP contribution >= 0.6 is 11.5 Å². The van der Waals surface area contributed by atoms with Crippen molar-refractivity contribution in [1.29, 1.82) is 0 Å². The van der Waals surface area contributed by atoms with Crippen LogP contribution in [0.3, 0.4) is 0 Å². The van der Waals surface area contributed by atoms with Gasteiger partial charge in [-0.2, -0.15) is 0 Å². The highest BCUT2D eigenvalue weighted by atomic mass is 32.1. The van der Waals surface area contributed by atoms with Gasteiger partial charge in [0, 0.05) is 30.9 Å². The molecule has 3 aliphatic rings. The normalized spacial score (nSPS) is 22.9.